The van der Waals surface area contributed by atoms with Gasteiger partial charge >= 0.3 is 12.1 Å². The minimum absolute atomic E-state index is 0.0477. The molecule has 0 saturated carbocycles. The van der Waals surface area contributed by atoms with Crippen LogP contribution in [0.25, 0.3) is 0 Å². The predicted molar refractivity (Wildman–Crippen MR) is 111 cm³/mol. The molecule has 1 N–H and O–H groups in total. The summed E-state index contributed by atoms with van der Waals surface area (Å²) in [4.78, 5) is 37.2. The van der Waals surface area contributed by atoms with Crippen molar-refractivity contribution in [2.75, 3.05) is 5.32 Å². The number of pyridine rings is 1. The lowest BCUT2D eigenvalue weighted by Gasteiger charge is -2.21. The van der Waals surface area contributed by atoms with Crippen molar-refractivity contribution in [1.29, 1.82) is 0 Å². The van der Waals surface area contributed by atoms with Gasteiger partial charge in [-0.3, -0.25) is 19.5 Å². The van der Waals surface area contributed by atoms with Crippen LogP contribution in [0.4, 0.5) is 10.5 Å². The zero-order chi connectivity index (χ0) is 21.4. The lowest BCUT2D eigenvalue weighted by atomic mass is 10.2. The Kier molecular flexibility index (Phi) is 7.59. The van der Waals surface area contributed by atoms with Crippen LogP contribution in [0, 0.1) is 0 Å². The van der Waals surface area contributed by atoms with Crippen LogP contribution in [0.2, 0.25) is 0 Å². The summed E-state index contributed by atoms with van der Waals surface area (Å²) in [6.07, 6.45) is 0.689. The zero-order valence-electron chi connectivity index (χ0n) is 17.4. The molecule has 1 aromatic heterocycles. The summed E-state index contributed by atoms with van der Waals surface area (Å²) in [7, 11) is 0. The van der Waals surface area contributed by atoms with Crippen molar-refractivity contribution in [2.45, 2.75) is 59.3 Å². The molecule has 0 aliphatic rings. The van der Waals surface area contributed by atoms with Crippen LogP contribution in [0.5, 0.6) is 0 Å². The van der Waals surface area contributed by atoms with Gasteiger partial charge in [0.1, 0.15) is 24.4 Å². The smallest absolute Gasteiger partial charge is 0.412 e. The van der Waals surface area contributed by atoms with E-state index in [4.69, 9.17) is 9.47 Å². The number of hydrogen-bond acceptors (Lipinski definition) is 5. The van der Waals surface area contributed by atoms with E-state index in [9.17, 15) is 14.4 Å². The minimum atomic E-state index is -0.738. The summed E-state index contributed by atoms with van der Waals surface area (Å²) in [6.45, 7) is 7.14. The van der Waals surface area contributed by atoms with Gasteiger partial charge in [0.15, 0.2) is 0 Å². The number of nitrogens with one attached hydrogen (secondary N) is 1. The number of rotatable bonds is 7. The van der Waals surface area contributed by atoms with E-state index >= 15 is 0 Å². The molecular weight excluding hydrogens is 372 g/mol. The minimum Gasteiger partial charge on any atom is -0.459 e. The Balaban J connectivity index is 2.14. The van der Waals surface area contributed by atoms with Gasteiger partial charge in [0.25, 0.3) is 5.56 Å². The van der Waals surface area contributed by atoms with Crippen LogP contribution < -0.4 is 10.9 Å². The first-order valence-electron chi connectivity index (χ1n) is 9.62. The maximum absolute atomic E-state index is 12.9. The number of hydrogen-bond donors (Lipinski definition) is 1. The monoisotopic (exact) mass is 400 g/mol. The molecule has 1 amide bonds. The molecule has 0 radical (unpaired) electrons. The van der Waals surface area contributed by atoms with Crippen LogP contribution in [-0.4, -0.2) is 22.2 Å². The van der Waals surface area contributed by atoms with E-state index in [1.807, 2.05) is 37.3 Å². The van der Waals surface area contributed by atoms with Gasteiger partial charge in [-0.1, -0.05) is 43.7 Å². The molecule has 7 heteroatoms. The number of amides is 1. The highest BCUT2D eigenvalue weighted by Gasteiger charge is 2.19. The molecule has 0 unspecified atom stereocenters. The SMILES string of the molecule is CCCc1ccc(NC(=O)OCc2ccccc2)c(=O)n1CC(=O)OC(C)(C)C. The van der Waals surface area contributed by atoms with Crippen LogP contribution >= 0.6 is 0 Å². The number of aryl methyl sites for hydroxylation is 1. The molecule has 0 bridgehead atoms. The molecule has 2 aromatic rings. The fourth-order valence-corrected chi connectivity index (χ4v) is 2.73. The first-order chi connectivity index (χ1) is 13.7. The van der Waals surface area contributed by atoms with Gasteiger partial charge < -0.3 is 9.47 Å². The third-order valence-corrected chi connectivity index (χ3v) is 3.93. The average Bonchev–Trinajstić information content (AvgIpc) is 2.65. The molecule has 0 spiro atoms. The molecule has 0 fully saturated rings. The number of esters is 1. The summed E-state index contributed by atoms with van der Waals surface area (Å²) in [5, 5.41) is 2.47. The second-order valence-corrected chi connectivity index (χ2v) is 7.65. The molecule has 1 heterocycles. The molecule has 0 aliphatic heterocycles. The highest BCUT2D eigenvalue weighted by molar-refractivity contribution is 5.84. The largest absolute Gasteiger partial charge is 0.459 e. The Bertz CT molecular complexity index is 898. The number of carbonyl (C=O) groups is 2. The summed E-state index contributed by atoms with van der Waals surface area (Å²) in [6, 6.07) is 12.5. The number of aromatic nitrogens is 1. The van der Waals surface area contributed by atoms with E-state index in [1.54, 1.807) is 26.8 Å². The van der Waals surface area contributed by atoms with Crippen LogP contribution in [0.1, 0.15) is 45.4 Å². The van der Waals surface area contributed by atoms with E-state index in [0.29, 0.717) is 12.1 Å². The van der Waals surface area contributed by atoms with E-state index in [-0.39, 0.29) is 18.8 Å². The maximum Gasteiger partial charge on any atom is 0.412 e. The molecule has 156 valence electrons. The predicted octanol–water partition coefficient (Wildman–Crippen LogP) is 3.89. The van der Waals surface area contributed by atoms with Crippen molar-refractivity contribution in [3.8, 4) is 0 Å². The standard InChI is InChI=1S/C22H28N2O5/c1-5-9-17-12-13-18(20(26)24(17)14-19(25)29-22(2,3)4)23-21(27)28-15-16-10-7-6-8-11-16/h6-8,10-13H,5,9,14-15H2,1-4H3,(H,23,27). The van der Waals surface area contributed by atoms with Gasteiger partial charge in [0.2, 0.25) is 0 Å². The van der Waals surface area contributed by atoms with Gasteiger partial charge in [-0.2, -0.15) is 0 Å². The Morgan fingerprint density at radius 3 is 2.38 bits per heavy atom. The topological polar surface area (TPSA) is 86.6 Å². The highest BCUT2D eigenvalue weighted by atomic mass is 16.6. The van der Waals surface area contributed by atoms with Crippen molar-refractivity contribution >= 4 is 17.7 Å². The number of benzene rings is 1. The average molecular weight is 400 g/mol. The summed E-state index contributed by atoms with van der Waals surface area (Å²) < 4.78 is 11.8. The summed E-state index contributed by atoms with van der Waals surface area (Å²) in [5.41, 5.74) is 0.461. The Morgan fingerprint density at radius 2 is 1.76 bits per heavy atom. The molecule has 2 rings (SSSR count). The molecule has 0 saturated heterocycles. The van der Waals surface area contributed by atoms with E-state index in [2.05, 4.69) is 5.32 Å². The summed E-state index contributed by atoms with van der Waals surface area (Å²) in [5.74, 6) is -0.513. The van der Waals surface area contributed by atoms with Gasteiger partial charge in [-0.25, -0.2) is 4.79 Å². The molecule has 1 aromatic carbocycles. The van der Waals surface area contributed by atoms with Crippen LogP contribution in [0.3, 0.4) is 0 Å². The fourth-order valence-electron chi connectivity index (χ4n) is 2.73. The molecule has 0 aliphatic carbocycles. The maximum atomic E-state index is 12.9. The second kappa shape index (κ2) is 9.91. The Morgan fingerprint density at radius 1 is 1.07 bits per heavy atom. The number of nitrogens with zero attached hydrogens (tertiary/aromatic N) is 1. The van der Waals surface area contributed by atoms with Gasteiger partial charge in [0, 0.05) is 5.69 Å². The lowest BCUT2D eigenvalue weighted by Crippen LogP contribution is -2.33. The quantitative estimate of drug-likeness (QED) is 0.713. The second-order valence-electron chi connectivity index (χ2n) is 7.65. The number of carbonyl (C=O) groups excluding carboxylic acids is 2. The van der Waals surface area contributed by atoms with Gasteiger partial charge in [-0.05, 0) is 44.9 Å². The summed E-state index contributed by atoms with van der Waals surface area (Å²) >= 11 is 0. The Labute approximate surface area is 170 Å². The van der Waals surface area contributed by atoms with Crippen LogP contribution in [0.15, 0.2) is 47.3 Å². The van der Waals surface area contributed by atoms with E-state index < -0.39 is 23.2 Å². The normalized spacial score (nSPS) is 11.0. The van der Waals surface area contributed by atoms with Gasteiger partial charge in [0.05, 0.1) is 0 Å². The van der Waals surface area contributed by atoms with Crippen molar-refractivity contribution in [2.24, 2.45) is 0 Å². The molecular formula is C22H28N2O5. The van der Waals surface area contributed by atoms with Crippen molar-refractivity contribution < 1.29 is 19.1 Å². The third-order valence-electron chi connectivity index (χ3n) is 3.93. The lowest BCUT2D eigenvalue weighted by molar-refractivity contribution is -0.155. The van der Waals surface area contributed by atoms with Gasteiger partial charge in [-0.15, -0.1) is 0 Å². The third kappa shape index (κ3) is 7.10. The molecule has 29 heavy (non-hydrogen) atoms. The fraction of sp³-hybridized carbons (Fsp3) is 0.409. The first-order valence-corrected chi connectivity index (χ1v) is 9.62. The van der Waals surface area contributed by atoms with E-state index in [1.165, 1.54) is 10.6 Å². The molecule has 7 nitrogen and oxygen atoms in total. The van der Waals surface area contributed by atoms with Crippen molar-refractivity contribution in [3.05, 3.63) is 64.1 Å². The van der Waals surface area contributed by atoms with Crippen LogP contribution in [-0.2, 0) is 33.8 Å². The van der Waals surface area contributed by atoms with Crippen molar-refractivity contribution in [3.63, 3.8) is 0 Å². The van der Waals surface area contributed by atoms with E-state index in [0.717, 1.165) is 12.0 Å². The highest BCUT2D eigenvalue weighted by Crippen LogP contribution is 2.11. The zero-order valence-corrected chi connectivity index (χ0v) is 17.4. The first kappa shape index (κ1) is 22.2. The van der Waals surface area contributed by atoms with Crippen molar-refractivity contribution in [1.82, 2.24) is 4.57 Å². The number of ether oxygens (including phenoxy) is 2. The number of anilines is 1. The molecule has 0 atom stereocenters. The Hall–Kier alpha value is -3.09.